The molecule has 4 heteroatoms. The van der Waals surface area contributed by atoms with Gasteiger partial charge in [0.1, 0.15) is 17.3 Å². The molecule has 1 rings (SSSR count). The zero-order chi connectivity index (χ0) is 7.56. The van der Waals surface area contributed by atoms with Crippen LogP contribution in [0.2, 0.25) is 0 Å². The van der Waals surface area contributed by atoms with Gasteiger partial charge in [0.05, 0.1) is 6.20 Å². The van der Waals surface area contributed by atoms with Crippen molar-refractivity contribution in [2.45, 2.75) is 0 Å². The molecule has 0 fully saturated rings. The molecule has 0 amide bonds. The molecule has 0 aromatic carbocycles. The highest BCUT2D eigenvalue weighted by Crippen LogP contribution is 2.11. The molecular weight excluding hydrogens is 137 g/mol. The highest BCUT2D eigenvalue weighted by molar-refractivity contribution is 5.75. The second kappa shape index (κ2) is 2.43. The van der Waals surface area contributed by atoms with Gasteiger partial charge in [-0.05, 0) is 0 Å². The highest BCUT2D eigenvalue weighted by Gasteiger charge is 2.00. The van der Waals surface area contributed by atoms with Crippen molar-refractivity contribution in [1.29, 1.82) is 0 Å². The van der Waals surface area contributed by atoms with Crippen LogP contribution in [0.5, 0.6) is 5.75 Å². The van der Waals surface area contributed by atoms with E-state index < -0.39 is 11.6 Å². The molecule has 1 heterocycles. The summed E-state index contributed by atoms with van der Waals surface area (Å²) in [7, 11) is 0. The lowest BCUT2D eigenvalue weighted by Gasteiger charge is -1.93. The molecule has 1 N–H and O–H groups in total. The number of carbonyl (C=O) groups excluding carboxylic acids is 1. The zero-order valence-corrected chi connectivity index (χ0v) is 4.91. The van der Waals surface area contributed by atoms with E-state index in [0.717, 1.165) is 12.3 Å². The van der Waals surface area contributed by atoms with Crippen molar-refractivity contribution in [3.05, 3.63) is 23.8 Å². The van der Waals surface area contributed by atoms with Gasteiger partial charge in [-0.3, -0.25) is 4.79 Å². The number of pyridine rings is 1. The molecular formula is C6H4FNO2. The Balaban J connectivity index is 3.19. The Morgan fingerprint density at radius 2 is 2.40 bits per heavy atom. The fraction of sp³-hybridized carbons (Fsp3) is 0. The van der Waals surface area contributed by atoms with Crippen molar-refractivity contribution in [2.75, 3.05) is 0 Å². The summed E-state index contributed by atoms with van der Waals surface area (Å²) in [6.45, 7) is 0. The van der Waals surface area contributed by atoms with Crippen LogP contribution in [-0.4, -0.2) is 16.4 Å². The minimum absolute atomic E-state index is 0.151. The molecule has 0 aliphatic heterocycles. The highest BCUT2D eigenvalue weighted by atomic mass is 19.1. The third kappa shape index (κ3) is 1.10. The van der Waals surface area contributed by atoms with E-state index >= 15 is 0 Å². The maximum atomic E-state index is 12.1. The van der Waals surface area contributed by atoms with Crippen LogP contribution in [-0.2, 0) is 0 Å². The summed E-state index contributed by atoms with van der Waals surface area (Å²) in [6.07, 6.45) is 1.22. The molecule has 0 atom stereocenters. The van der Waals surface area contributed by atoms with Gasteiger partial charge in [-0.2, -0.15) is 0 Å². The average Bonchev–Trinajstić information content (AvgIpc) is 1.88. The summed E-state index contributed by atoms with van der Waals surface area (Å²) in [6, 6.07) is 0.830. The second-order valence-electron chi connectivity index (χ2n) is 1.68. The lowest BCUT2D eigenvalue weighted by atomic mass is 10.3. The number of aromatic hydroxyl groups is 1. The van der Waals surface area contributed by atoms with Gasteiger partial charge in [0.15, 0.2) is 6.29 Å². The third-order valence-corrected chi connectivity index (χ3v) is 0.976. The van der Waals surface area contributed by atoms with Crippen molar-refractivity contribution < 1.29 is 14.3 Å². The van der Waals surface area contributed by atoms with Crippen LogP contribution in [0.3, 0.4) is 0 Å². The van der Waals surface area contributed by atoms with Crippen LogP contribution in [0.25, 0.3) is 0 Å². The number of nitrogens with zero attached hydrogens (tertiary/aromatic N) is 1. The molecule has 0 aliphatic carbocycles. The first-order valence-corrected chi connectivity index (χ1v) is 2.53. The molecule has 0 bridgehead atoms. The van der Waals surface area contributed by atoms with Crippen LogP contribution in [0.1, 0.15) is 10.5 Å². The summed E-state index contributed by atoms with van der Waals surface area (Å²) < 4.78 is 12.1. The van der Waals surface area contributed by atoms with E-state index in [2.05, 4.69) is 4.98 Å². The Kier molecular flexibility index (Phi) is 1.62. The Morgan fingerprint density at radius 3 is 2.90 bits per heavy atom. The van der Waals surface area contributed by atoms with Crippen molar-refractivity contribution >= 4 is 6.29 Å². The average molecular weight is 141 g/mol. The molecule has 1 aromatic rings. The van der Waals surface area contributed by atoms with Crippen molar-refractivity contribution in [3.63, 3.8) is 0 Å². The third-order valence-electron chi connectivity index (χ3n) is 0.976. The Labute approximate surface area is 56.1 Å². The Bertz CT molecular complexity index is 262. The maximum Gasteiger partial charge on any atom is 0.172 e. The van der Waals surface area contributed by atoms with Gasteiger partial charge < -0.3 is 5.11 Å². The molecule has 52 valence electrons. The predicted octanol–water partition coefficient (Wildman–Crippen LogP) is 0.739. The van der Waals surface area contributed by atoms with Gasteiger partial charge >= 0.3 is 0 Å². The number of aldehydes is 1. The van der Waals surface area contributed by atoms with Gasteiger partial charge in [-0.15, -0.1) is 0 Å². The monoisotopic (exact) mass is 141 g/mol. The number of hydrogen-bond acceptors (Lipinski definition) is 3. The van der Waals surface area contributed by atoms with E-state index in [9.17, 15) is 9.18 Å². The molecule has 0 spiro atoms. The van der Waals surface area contributed by atoms with Gasteiger partial charge in [-0.1, -0.05) is 0 Å². The van der Waals surface area contributed by atoms with Crippen molar-refractivity contribution in [2.24, 2.45) is 0 Å². The minimum atomic E-state index is -0.664. The van der Waals surface area contributed by atoms with Crippen molar-refractivity contribution in [3.8, 4) is 5.75 Å². The first-order valence-electron chi connectivity index (χ1n) is 2.53. The summed E-state index contributed by atoms with van der Waals surface area (Å²) in [4.78, 5) is 13.3. The lowest BCUT2D eigenvalue weighted by Crippen LogP contribution is -1.87. The molecule has 0 saturated heterocycles. The molecule has 0 saturated carbocycles. The van der Waals surface area contributed by atoms with Gasteiger partial charge in [-0.25, -0.2) is 9.37 Å². The van der Waals surface area contributed by atoms with Crippen LogP contribution in [0.4, 0.5) is 4.39 Å². The van der Waals surface area contributed by atoms with E-state index in [0.29, 0.717) is 6.29 Å². The summed E-state index contributed by atoms with van der Waals surface area (Å²) in [5, 5.41) is 8.76. The Hall–Kier alpha value is -1.45. The van der Waals surface area contributed by atoms with Gasteiger partial charge in [0, 0.05) is 6.07 Å². The van der Waals surface area contributed by atoms with Crippen LogP contribution >= 0.6 is 0 Å². The Morgan fingerprint density at radius 1 is 1.70 bits per heavy atom. The van der Waals surface area contributed by atoms with E-state index in [1.807, 2.05) is 0 Å². The topological polar surface area (TPSA) is 50.2 Å². The van der Waals surface area contributed by atoms with Gasteiger partial charge in [0.25, 0.3) is 0 Å². The second-order valence-corrected chi connectivity index (χ2v) is 1.68. The summed E-state index contributed by atoms with van der Waals surface area (Å²) in [5.74, 6) is -1.10. The molecule has 0 radical (unpaired) electrons. The van der Waals surface area contributed by atoms with Crippen LogP contribution in [0.15, 0.2) is 12.3 Å². The number of hydrogen-bond donors (Lipinski definition) is 1. The number of aromatic nitrogens is 1. The smallest absolute Gasteiger partial charge is 0.172 e. The van der Waals surface area contributed by atoms with E-state index in [-0.39, 0.29) is 5.69 Å². The van der Waals surface area contributed by atoms with E-state index in [1.165, 1.54) is 0 Å². The predicted molar refractivity (Wildman–Crippen MR) is 31.2 cm³/mol. The number of carbonyl (C=O) groups is 1. The van der Waals surface area contributed by atoms with E-state index in [4.69, 9.17) is 5.11 Å². The van der Waals surface area contributed by atoms with Crippen LogP contribution < -0.4 is 0 Å². The molecule has 0 aliphatic rings. The number of rotatable bonds is 1. The summed E-state index contributed by atoms with van der Waals surface area (Å²) >= 11 is 0. The minimum Gasteiger partial charge on any atom is -0.505 e. The molecule has 10 heavy (non-hydrogen) atoms. The SMILES string of the molecule is O=Cc1ncc(F)cc1O. The standard InChI is InChI=1S/C6H4FNO2/c7-4-1-6(10)5(3-9)8-2-4/h1-3,10H. The van der Waals surface area contributed by atoms with Crippen molar-refractivity contribution in [1.82, 2.24) is 4.98 Å². The fourth-order valence-corrected chi connectivity index (χ4v) is 0.530. The summed E-state index contributed by atoms with van der Waals surface area (Å²) in [5.41, 5.74) is -0.151. The quantitative estimate of drug-likeness (QED) is 0.587. The first-order chi connectivity index (χ1) is 4.74. The lowest BCUT2D eigenvalue weighted by molar-refractivity contribution is 0.111. The first kappa shape index (κ1) is 6.67. The molecule has 0 unspecified atom stereocenters. The normalized spacial score (nSPS) is 9.30. The largest absolute Gasteiger partial charge is 0.505 e. The van der Waals surface area contributed by atoms with Gasteiger partial charge in [0.2, 0.25) is 0 Å². The molecule has 3 nitrogen and oxygen atoms in total. The maximum absolute atomic E-state index is 12.1. The van der Waals surface area contributed by atoms with Crippen LogP contribution in [0, 0.1) is 5.82 Å². The number of halogens is 1. The fourth-order valence-electron chi connectivity index (χ4n) is 0.530. The van der Waals surface area contributed by atoms with E-state index in [1.54, 1.807) is 0 Å². The molecule has 1 aromatic heterocycles. The zero-order valence-electron chi connectivity index (χ0n) is 4.91.